The van der Waals surface area contributed by atoms with Crippen LogP contribution in [0.1, 0.15) is 45.1 Å². The average Bonchev–Trinajstić information content (AvgIpc) is 2.96. The third kappa shape index (κ3) is 2.29. The lowest BCUT2D eigenvalue weighted by atomic mass is 9.40. The van der Waals surface area contributed by atoms with Gasteiger partial charge >= 0.3 is 0 Å². The number of fused-ring (bicyclic) bond motifs is 2. The van der Waals surface area contributed by atoms with E-state index in [0.29, 0.717) is 28.8 Å². The first-order valence-electron chi connectivity index (χ1n) is 10.4. The second-order valence-corrected chi connectivity index (χ2v) is 9.92. The minimum absolute atomic E-state index is 0.0240. The lowest BCUT2D eigenvalue weighted by molar-refractivity contribution is -0.147. The first-order chi connectivity index (χ1) is 13.8. The summed E-state index contributed by atoms with van der Waals surface area (Å²) in [6, 6.07) is 4.97. The third-order valence-corrected chi connectivity index (χ3v) is 8.14. The highest BCUT2D eigenvalue weighted by Crippen LogP contribution is 2.67. The van der Waals surface area contributed by atoms with Crippen molar-refractivity contribution in [3.05, 3.63) is 30.1 Å². The standard InChI is InChI=1S/C22H22F2N4O/c1-11(20(29)27-22-6-21(7-22,8-22)9-25)19-13-2-12(3-14(13)19)28-10-26-17-4-15(23)16(24)5-18(17)28/h4-5,10-14,19H,2-3,6-8H2,1H3,(H,27,29)/t11?,12-,13-,14+,19+,21?,22?. The molecule has 7 rings (SSSR count). The molecule has 1 heterocycles. The molecule has 29 heavy (non-hydrogen) atoms. The van der Waals surface area contributed by atoms with Gasteiger partial charge in [-0.2, -0.15) is 5.26 Å². The van der Waals surface area contributed by atoms with Crippen LogP contribution < -0.4 is 5.32 Å². The van der Waals surface area contributed by atoms with Crippen molar-refractivity contribution in [3.63, 3.8) is 0 Å². The third-order valence-electron chi connectivity index (χ3n) is 8.14. The van der Waals surface area contributed by atoms with E-state index in [9.17, 15) is 13.6 Å². The Balaban J connectivity index is 1.10. The molecule has 5 aliphatic rings. The highest BCUT2D eigenvalue weighted by atomic mass is 19.2. The molecule has 0 saturated heterocycles. The van der Waals surface area contributed by atoms with Crippen LogP contribution >= 0.6 is 0 Å². The van der Waals surface area contributed by atoms with E-state index in [4.69, 9.17) is 5.26 Å². The molecule has 5 saturated carbocycles. The van der Waals surface area contributed by atoms with Crippen molar-refractivity contribution in [2.24, 2.45) is 29.1 Å². The number of benzene rings is 1. The number of imidazole rings is 1. The topological polar surface area (TPSA) is 70.7 Å². The quantitative estimate of drug-likeness (QED) is 0.856. The Morgan fingerprint density at radius 3 is 2.59 bits per heavy atom. The number of rotatable bonds is 4. The molecule has 1 N–H and O–H groups in total. The van der Waals surface area contributed by atoms with Crippen LogP contribution in [-0.2, 0) is 4.79 Å². The fraction of sp³-hybridized carbons (Fsp3) is 0.591. The van der Waals surface area contributed by atoms with Gasteiger partial charge in [-0.3, -0.25) is 4.79 Å². The SMILES string of the molecule is CC(C(=O)NC12CC(C#N)(C1)C2)[C@H]1[C@@H]2C[C@@H](n3cnc4cc(F)c(F)cc43)C[C@@H]21. The molecule has 0 radical (unpaired) electrons. The zero-order valence-electron chi connectivity index (χ0n) is 16.2. The summed E-state index contributed by atoms with van der Waals surface area (Å²) in [6.45, 7) is 2.02. The van der Waals surface area contributed by atoms with E-state index >= 15 is 0 Å². The fourth-order valence-corrected chi connectivity index (χ4v) is 6.73. The minimum Gasteiger partial charge on any atom is -0.350 e. The van der Waals surface area contributed by atoms with Crippen LogP contribution in [0.3, 0.4) is 0 Å². The highest BCUT2D eigenvalue weighted by molar-refractivity contribution is 5.81. The maximum atomic E-state index is 13.7. The largest absolute Gasteiger partial charge is 0.350 e. The lowest BCUT2D eigenvalue weighted by Gasteiger charge is -2.67. The molecule has 0 spiro atoms. The summed E-state index contributed by atoms with van der Waals surface area (Å²) < 4.78 is 29.1. The minimum atomic E-state index is -0.874. The van der Waals surface area contributed by atoms with Gasteiger partial charge in [-0.05, 0) is 49.9 Å². The molecule has 2 bridgehead atoms. The zero-order chi connectivity index (χ0) is 20.1. The summed E-state index contributed by atoms with van der Waals surface area (Å²) in [6.07, 6.45) is 5.98. The van der Waals surface area contributed by atoms with Gasteiger partial charge in [0.05, 0.1) is 28.8 Å². The number of amides is 1. The molecule has 1 amide bonds. The maximum Gasteiger partial charge on any atom is 0.223 e. The summed E-state index contributed by atoms with van der Waals surface area (Å²) >= 11 is 0. The van der Waals surface area contributed by atoms with Crippen LogP contribution in [-0.4, -0.2) is 21.0 Å². The molecule has 5 aliphatic carbocycles. The van der Waals surface area contributed by atoms with Crippen LogP contribution in [0.2, 0.25) is 0 Å². The van der Waals surface area contributed by atoms with E-state index in [-0.39, 0.29) is 28.8 Å². The van der Waals surface area contributed by atoms with Gasteiger partial charge in [-0.1, -0.05) is 6.92 Å². The summed E-state index contributed by atoms with van der Waals surface area (Å²) in [5, 5.41) is 12.4. The summed E-state index contributed by atoms with van der Waals surface area (Å²) in [4.78, 5) is 17.0. The fourth-order valence-electron chi connectivity index (χ4n) is 6.73. The predicted octanol–water partition coefficient (Wildman–Crippen LogP) is 3.71. The molecule has 7 heteroatoms. The summed E-state index contributed by atoms with van der Waals surface area (Å²) in [5.41, 5.74) is 0.841. The number of aromatic nitrogens is 2. The van der Waals surface area contributed by atoms with Gasteiger partial charge in [0.1, 0.15) is 0 Å². The molecular weight excluding hydrogens is 374 g/mol. The number of nitriles is 1. The van der Waals surface area contributed by atoms with E-state index in [0.717, 1.165) is 38.2 Å². The second kappa shape index (κ2) is 5.35. The predicted molar refractivity (Wildman–Crippen MR) is 100 cm³/mol. The van der Waals surface area contributed by atoms with E-state index < -0.39 is 11.6 Å². The number of carbonyl (C=O) groups is 1. The van der Waals surface area contributed by atoms with E-state index in [1.54, 1.807) is 6.33 Å². The summed E-state index contributed by atoms with van der Waals surface area (Å²) in [7, 11) is 0. The van der Waals surface area contributed by atoms with Gasteiger partial charge in [-0.15, -0.1) is 0 Å². The van der Waals surface area contributed by atoms with Gasteiger partial charge in [0.25, 0.3) is 0 Å². The first kappa shape index (κ1) is 17.4. The average molecular weight is 396 g/mol. The Morgan fingerprint density at radius 1 is 1.28 bits per heavy atom. The Labute approximate surface area is 167 Å². The smallest absolute Gasteiger partial charge is 0.223 e. The molecule has 5 fully saturated rings. The van der Waals surface area contributed by atoms with Crippen molar-refractivity contribution < 1.29 is 13.6 Å². The number of hydrogen-bond donors (Lipinski definition) is 1. The van der Waals surface area contributed by atoms with Crippen LogP contribution in [0.25, 0.3) is 11.0 Å². The molecule has 0 aliphatic heterocycles. The molecule has 1 aromatic heterocycles. The maximum absolute atomic E-state index is 13.7. The van der Waals surface area contributed by atoms with Gasteiger partial charge in [0.15, 0.2) is 11.6 Å². The van der Waals surface area contributed by atoms with Crippen molar-refractivity contribution in [1.82, 2.24) is 14.9 Å². The normalized spacial score (nSPS) is 39.8. The van der Waals surface area contributed by atoms with Crippen LogP contribution in [0.5, 0.6) is 0 Å². The first-order valence-corrected chi connectivity index (χ1v) is 10.4. The number of carbonyl (C=O) groups excluding carboxylic acids is 1. The highest BCUT2D eigenvalue weighted by Gasteiger charge is 2.70. The van der Waals surface area contributed by atoms with Crippen molar-refractivity contribution in [2.75, 3.05) is 0 Å². The van der Waals surface area contributed by atoms with Gasteiger partial charge < -0.3 is 9.88 Å². The van der Waals surface area contributed by atoms with E-state index in [1.165, 1.54) is 6.07 Å². The van der Waals surface area contributed by atoms with Crippen molar-refractivity contribution in [1.29, 1.82) is 5.26 Å². The Bertz CT molecular complexity index is 1070. The molecule has 150 valence electrons. The van der Waals surface area contributed by atoms with E-state index in [2.05, 4.69) is 16.4 Å². The lowest BCUT2D eigenvalue weighted by Crippen LogP contribution is -2.74. The van der Waals surface area contributed by atoms with Crippen molar-refractivity contribution >= 4 is 16.9 Å². The van der Waals surface area contributed by atoms with Gasteiger partial charge in [-0.25, -0.2) is 13.8 Å². The second-order valence-electron chi connectivity index (χ2n) is 9.92. The van der Waals surface area contributed by atoms with Crippen LogP contribution in [0.15, 0.2) is 18.5 Å². The number of hydrogen-bond acceptors (Lipinski definition) is 3. The van der Waals surface area contributed by atoms with E-state index in [1.807, 2.05) is 11.5 Å². The van der Waals surface area contributed by atoms with Crippen LogP contribution in [0, 0.1) is 52.1 Å². The Kier molecular flexibility index (Phi) is 3.21. The number of halogens is 2. The molecular formula is C22H22F2N4O. The van der Waals surface area contributed by atoms with Crippen LogP contribution in [0.4, 0.5) is 8.78 Å². The molecule has 1 unspecified atom stereocenters. The Morgan fingerprint density at radius 2 is 1.93 bits per heavy atom. The molecule has 5 atom stereocenters. The molecule has 2 aromatic rings. The summed E-state index contributed by atoms with van der Waals surface area (Å²) in [5.74, 6) is -0.225. The Hall–Kier alpha value is -2.49. The zero-order valence-corrected chi connectivity index (χ0v) is 16.2. The molecule has 5 nitrogen and oxygen atoms in total. The molecule has 1 aromatic carbocycles. The number of nitrogens with one attached hydrogen (secondary N) is 1. The number of nitrogens with zero attached hydrogens (tertiary/aromatic N) is 3. The van der Waals surface area contributed by atoms with Gasteiger partial charge in [0, 0.05) is 29.6 Å². The van der Waals surface area contributed by atoms with Crippen molar-refractivity contribution in [2.45, 2.75) is 50.6 Å². The monoisotopic (exact) mass is 396 g/mol. The van der Waals surface area contributed by atoms with Crippen molar-refractivity contribution in [3.8, 4) is 6.07 Å². The van der Waals surface area contributed by atoms with Gasteiger partial charge in [0.2, 0.25) is 5.91 Å².